The van der Waals surface area contributed by atoms with Crippen molar-refractivity contribution in [2.75, 3.05) is 26.8 Å². The van der Waals surface area contributed by atoms with Crippen molar-refractivity contribution in [1.29, 1.82) is 0 Å². The standard InChI is InChI=1S/C15H20N2O5S/c1-11-7-13(14(21-2)16-9-11)23(19,20)17-5-3-15(4-6-17)8-12(18)10-22-15/h7,9H,3-6,8,10H2,1-2H3. The molecular formula is C15H20N2O5S. The normalized spacial score (nSPS) is 21.7. The molecule has 0 aromatic carbocycles. The van der Waals surface area contributed by atoms with Gasteiger partial charge in [-0.1, -0.05) is 0 Å². The van der Waals surface area contributed by atoms with Crippen molar-refractivity contribution in [3.05, 3.63) is 17.8 Å². The van der Waals surface area contributed by atoms with E-state index in [1.165, 1.54) is 11.4 Å². The highest BCUT2D eigenvalue weighted by Gasteiger charge is 2.44. The summed E-state index contributed by atoms with van der Waals surface area (Å²) in [7, 11) is -2.28. The maximum atomic E-state index is 12.9. The molecule has 3 heterocycles. The molecule has 0 bridgehead atoms. The van der Waals surface area contributed by atoms with E-state index in [1.807, 2.05) is 0 Å². The number of aryl methyl sites for hydroxylation is 1. The maximum Gasteiger partial charge on any atom is 0.248 e. The molecule has 2 fully saturated rings. The third-order valence-electron chi connectivity index (χ3n) is 4.46. The number of ether oxygens (including phenoxy) is 2. The van der Waals surface area contributed by atoms with Crippen molar-refractivity contribution in [2.45, 2.75) is 36.7 Å². The van der Waals surface area contributed by atoms with Crippen LogP contribution in [0.25, 0.3) is 0 Å². The smallest absolute Gasteiger partial charge is 0.248 e. The first kappa shape index (κ1) is 16.4. The lowest BCUT2D eigenvalue weighted by Crippen LogP contribution is -2.46. The van der Waals surface area contributed by atoms with Crippen LogP contribution in [0.2, 0.25) is 0 Å². The first-order valence-electron chi connectivity index (χ1n) is 7.53. The lowest BCUT2D eigenvalue weighted by molar-refractivity contribution is -0.117. The number of Topliss-reactive ketones (excluding diaryl/α,β-unsaturated/α-hetero) is 1. The predicted octanol–water partition coefficient (Wildman–Crippen LogP) is 0.911. The molecule has 1 aromatic heterocycles. The van der Waals surface area contributed by atoms with E-state index in [0.29, 0.717) is 32.4 Å². The fraction of sp³-hybridized carbons (Fsp3) is 0.600. The predicted molar refractivity (Wildman–Crippen MR) is 81.8 cm³/mol. The molecule has 1 spiro atoms. The molecule has 8 heteroatoms. The van der Waals surface area contributed by atoms with Crippen molar-refractivity contribution >= 4 is 15.8 Å². The summed E-state index contributed by atoms with van der Waals surface area (Å²) < 4.78 is 37.9. The van der Waals surface area contributed by atoms with Crippen LogP contribution in [0.4, 0.5) is 0 Å². The summed E-state index contributed by atoms with van der Waals surface area (Å²) in [4.78, 5) is 15.6. The van der Waals surface area contributed by atoms with E-state index in [2.05, 4.69) is 4.98 Å². The summed E-state index contributed by atoms with van der Waals surface area (Å²) in [6.45, 7) is 2.58. The number of aromatic nitrogens is 1. The second-order valence-electron chi connectivity index (χ2n) is 6.11. The number of hydrogen-bond acceptors (Lipinski definition) is 6. The van der Waals surface area contributed by atoms with Gasteiger partial charge in [0.05, 0.1) is 12.7 Å². The summed E-state index contributed by atoms with van der Waals surface area (Å²) in [6, 6.07) is 1.57. The lowest BCUT2D eigenvalue weighted by atomic mass is 9.89. The molecule has 2 saturated heterocycles. The third kappa shape index (κ3) is 2.98. The number of carbonyl (C=O) groups is 1. The van der Waals surface area contributed by atoms with Crippen molar-refractivity contribution in [3.63, 3.8) is 0 Å². The molecule has 126 valence electrons. The van der Waals surface area contributed by atoms with Gasteiger partial charge in [0.25, 0.3) is 0 Å². The van der Waals surface area contributed by atoms with E-state index in [9.17, 15) is 13.2 Å². The van der Waals surface area contributed by atoms with Gasteiger partial charge in [-0.15, -0.1) is 0 Å². The van der Waals surface area contributed by atoms with Crippen LogP contribution < -0.4 is 4.74 Å². The van der Waals surface area contributed by atoms with Gasteiger partial charge in [-0.3, -0.25) is 4.79 Å². The number of carbonyl (C=O) groups excluding carboxylic acids is 1. The van der Waals surface area contributed by atoms with Gasteiger partial charge < -0.3 is 9.47 Å². The van der Waals surface area contributed by atoms with Crippen LogP contribution in [0, 0.1) is 6.92 Å². The highest BCUT2D eigenvalue weighted by Crippen LogP contribution is 2.36. The van der Waals surface area contributed by atoms with Crippen LogP contribution >= 0.6 is 0 Å². The van der Waals surface area contributed by atoms with Gasteiger partial charge in [0, 0.05) is 25.7 Å². The molecule has 23 heavy (non-hydrogen) atoms. The third-order valence-corrected chi connectivity index (χ3v) is 6.35. The molecule has 2 aliphatic heterocycles. The Hall–Kier alpha value is -1.51. The van der Waals surface area contributed by atoms with Crippen LogP contribution in [0.3, 0.4) is 0 Å². The highest BCUT2D eigenvalue weighted by molar-refractivity contribution is 7.89. The molecule has 0 radical (unpaired) electrons. The van der Waals surface area contributed by atoms with Gasteiger partial charge in [-0.25, -0.2) is 13.4 Å². The fourth-order valence-electron chi connectivity index (χ4n) is 3.16. The number of rotatable bonds is 3. The average molecular weight is 340 g/mol. The van der Waals surface area contributed by atoms with Crippen LogP contribution in [0.1, 0.15) is 24.8 Å². The molecule has 0 saturated carbocycles. The van der Waals surface area contributed by atoms with Crippen LogP contribution in [-0.2, 0) is 19.6 Å². The minimum absolute atomic E-state index is 0.0827. The van der Waals surface area contributed by atoms with Gasteiger partial charge >= 0.3 is 0 Å². The fourth-order valence-corrected chi connectivity index (χ4v) is 4.79. The summed E-state index contributed by atoms with van der Waals surface area (Å²) in [5.41, 5.74) is 0.278. The zero-order valence-corrected chi connectivity index (χ0v) is 14.1. The zero-order valence-electron chi connectivity index (χ0n) is 13.2. The molecule has 3 rings (SSSR count). The van der Waals surface area contributed by atoms with Crippen LogP contribution in [-0.4, -0.2) is 55.9 Å². The lowest BCUT2D eigenvalue weighted by Gasteiger charge is -2.37. The number of nitrogens with zero attached hydrogens (tertiary/aromatic N) is 2. The Labute approximate surface area is 135 Å². The van der Waals surface area contributed by atoms with Gasteiger partial charge in [0.2, 0.25) is 15.9 Å². The molecule has 7 nitrogen and oxygen atoms in total. The highest BCUT2D eigenvalue weighted by atomic mass is 32.2. The van der Waals surface area contributed by atoms with E-state index in [-0.39, 0.29) is 23.2 Å². The molecule has 0 unspecified atom stereocenters. The SMILES string of the molecule is COc1ncc(C)cc1S(=O)(=O)N1CCC2(CC1)CC(=O)CO2. The Kier molecular flexibility index (Phi) is 4.16. The minimum atomic E-state index is -3.68. The Bertz CT molecular complexity index is 723. The quantitative estimate of drug-likeness (QED) is 0.813. The van der Waals surface area contributed by atoms with E-state index < -0.39 is 15.6 Å². The van der Waals surface area contributed by atoms with Crippen molar-refractivity contribution in [1.82, 2.24) is 9.29 Å². The van der Waals surface area contributed by atoms with Gasteiger partial charge in [0.15, 0.2) is 5.78 Å². The topological polar surface area (TPSA) is 85.8 Å². The van der Waals surface area contributed by atoms with Gasteiger partial charge in [-0.2, -0.15) is 4.31 Å². The Morgan fingerprint density at radius 1 is 1.35 bits per heavy atom. The van der Waals surface area contributed by atoms with E-state index in [0.717, 1.165) is 5.56 Å². The number of hydrogen-bond donors (Lipinski definition) is 0. The first-order valence-corrected chi connectivity index (χ1v) is 8.97. The summed E-state index contributed by atoms with van der Waals surface area (Å²) in [5.74, 6) is 0.189. The number of ketones is 1. The molecule has 0 N–H and O–H groups in total. The van der Waals surface area contributed by atoms with Gasteiger partial charge in [0.1, 0.15) is 11.5 Å². The Balaban J connectivity index is 1.82. The zero-order chi connectivity index (χ0) is 16.7. The minimum Gasteiger partial charge on any atom is -0.480 e. The molecule has 0 atom stereocenters. The Morgan fingerprint density at radius 2 is 2.04 bits per heavy atom. The molecule has 0 aliphatic carbocycles. The summed E-state index contributed by atoms with van der Waals surface area (Å²) in [5, 5.41) is 0. The largest absolute Gasteiger partial charge is 0.480 e. The Morgan fingerprint density at radius 3 is 2.61 bits per heavy atom. The van der Waals surface area contributed by atoms with Crippen LogP contribution in [0.5, 0.6) is 5.88 Å². The van der Waals surface area contributed by atoms with E-state index in [4.69, 9.17) is 9.47 Å². The molecular weight excluding hydrogens is 320 g/mol. The average Bonchev–Trinajstić information content (AvgIpc) is 2.88. The molecule has 0 amide bonds. The van der Waals surface area contributed by atoms with E-state index in [1.54, 1.807) is 19.2 Å². The summed E-state index contributed by atoms with van der Waals surface area (Å²) >= 11 is 0. The molecule has 2 aliphatic rings. The maximum absolute atomic E-state index is 12.9. The number of methoxy groups -OCH3 is 1. The van der Waals surface area contributed by atoms with Crippen molar-refractivity contribution < 1.29 is 22.7 Å². The second-order valence-corrected chi connectivity index (χ2v) is 8.02. The van der Waals surface area contributed by atoms with Crippen molar-refractivity contribution in [3.8, 4) is 5.88 Å². The monoisotopic (exact) mass is 340 g/mol. The van der Waals surface area contributed by atoms with Crippen molar-refractivity contribution in [2.24, 2.45) is 0 Å². The number of sulfonamides is 1. The summed E-state index contributed by atoms with van der Waals surface area (Å²) in [6.07, 6.45) is 3.01. The van der Waals surface area contributed by atoms with Gasteiger partial charge in [-0.05, 0) is 31.4 Å². The van der Waals surface area contributed by atoms with E-state index >= 15 is 0 Å². The molecule has 1 aromatic rings. The first-order chi connectivity index (χ1) is 10.9. The van der Waals surface area contributed by atoms with Crippen LogP contribution in [0.15, 0.2) is 17.2 Å². The number of pyridine rings is 1. The second kappa shape index (κ2) is 5.85. The number of piperidine rings is 1.